The highest BCUT2D eigenvalue weighted by Crippen LogP contribution is 2.27. The van der Waals surface area contributed by atoms with Gasteiger partial charge in [-0.05, 0) is 37.1 Å². The van der Waals surface area contributed by atoms with E-state index in [9.17, 15) is 8.78 Å². The molecule has 1 rings (SSSR count). The van der Waals surface area contributed by atoms with Crippen LogP contribution in [0.2, 0.25) is 0 Å². The van der Waals surface area contributed by atoms with Crippen LogP contribution in [0.4, 0.5) is 14.5 Å². The maximum Gasteiger partial charge on any atom is 0.264 e. The fourth-order valence-electron chi connectivity index (χ4n) is 1.26. The van der Waals surface area contributed by atoms with Crippen LogP contribution in [0.3, 0.4) is 0 Å². The van der Waals surface area contributed by atoms with Crippen LogP contribution in [0.5, 0.6) is 0 Å². The van der Waals surface area contributed by atoms with E-state index in [4.69, 9.17) is 0 Å². The van der Waals surface area contributed by atoms with Gasteiger partial charge in [-0.25, -0.2) is 8.78 Å². The Kier molecular flexibility index (Phi) is 2.86. The number of benzene rings is 1. The summed E-state index contributed by atoms with van der Waals surface area (Å²) in [6.07, 6.45) is -2.40. The summed E-state index contributed by atoms with van der Waals surface area (Å²) in [5.74, 6) is 0. The molecule has 0 heterocycles. The first kappa shape index (κ1) is 9.96. The molecule has 0 aliphatic carbocycles. The molecule has 0 atom stereocenters. The van der Waals surface area contributed by atoms with E-state index < -0.39 is 6.43 Å². The normalized spacial score (nSPS) is 10.6. The van der Waals surface area contributed by atoms with Crippen molar-refractivity contribution in [2.45, 2.75) is 20.3 Å². The van der Waals surface area contributed by atoms with Crippen molar-refractivity contribution < 1.29 is 8.78 Å². The van der Waals surface area contributed by atoms with Gasteiger partial charge in [0.2, 0.25) is 0 Å². The zero-order chi connectivity index (χ0) is 10.0. The first-order valence-corrected chi connectivity index (χ1v) is 4.13. The summed E-state index contributed by atoms with van der Waals surface area (Å²) in [4.78, 5) is 0. The number of hydrogen-bond acceptors (Lipinski definition) is 1. The van der Waals surface area contributed by atoms with Gasteiger partial charge in [0.05, 0.1) is 0 Å². The Balaban J connectivity index is 3.25. The second kappa shape index (κ2) is 3.73. The lowest BCUT2D eigenvalue weighted by Crippen LogP contribution is -1.96. The Hall–Kier alpha value is -1.12. The molecule has 0 unspecified atom stereocenters. The minimum absolute atomic E-state index is 0.115. The summed E-state index contributed by atoms with van der Waals surface area (Å²) in [5, 5.41) is 2.86. The van der Waals surface area contributed by atoms with E-state index in [1.165, 1.54) is 6.07 Å². The van der Waals surface area contributed by atoms with E-state index in [2.05, 4.69) is 5.32 Å². The summed E-state index contributed by atoms with van der Waals surface area (Å²) >= 11 is 0. The number of anilines is 1. The monoisotopic (exact) mass is 185 g/mol. The number of alkyl halides is 2. The Morgan fingerprint density at radius 2 is 1.85 bits per heavy atom. The SMILES string of the molecule is CNc1cc(C)c(C)c(C(F)F)c1. The van der Waals surface area contributed by atoms with Crippen molar-refractivity contribution in [3.05, 3.63) is 28.8 Å². The van der Waals surface area contributed by atoms with Crippen LogP contribution >= 0.6 is 0 Å². The van der Waals surface area contributed by atoms with E-state index in [1.807, 2.05) is 13.0 Å². The summed E-state index contributed by atoms with van der Waals surface area (Å²) in [7, 11) is 1.72. The van der Waals surface area contributed by atoms with Gasteiger partial charge in [0.1, 0.15) is 0 Å². The number of rotatable bonds is 2. The minimum Gasteiger partial charge on any atom is -0.388 e. The van der Waals surface area contributed by atoms with Gasteiger partial charge in [-0.1, -0.05) is 0 Å². The van der Waals surface area contributed by atoms with Gasteiger partial charge < -0.3 is 5.32 Å². The molecule has 1 aromatic rings. The van der Waals surface area contributed by atoms with Crippen LogP contribution in [-0.4, -0.2) is 7.05 Å². The van der Waals surface area contributed by atoms with Crippen molar-refractivity contribution in [1.29, 1.82) is 0 Å². The number of nitrogens with one attached hydrogen (secondary N) is 1. The smallest absolute Gasteiger partial charge is 0.264 e. The van der Waals surface area contributed by atoms with Gasteiger partial charge in [0, 0.05) is 18.3 Å². The molecule has 0 saturated carbocycles. The molecule has 0 radical (unpaired) electrons. The minimum atomic E-state index is -2.40. The van der Waals surface area contributed by atoms with Crippen molar-refractivity contribution in [2.24, 2.45) is 0 Å². The van der Waals surface area contributed by atoms with Crippen LogP contribution in [0.15, 0.2) is 12.1 Å². The quantitative estimate of drug-likeness (QED) is 0.745. The van der Waals surface area contributed by atoms with Gasteiger partial charge in [0.25, 0.3) is 6.43 Å². The summed E-state index contributed by atoms with van der Waals surface area (Å²) in [5.41, 5.74) is 2.42. The molecule has 13 heavy (non-hydrogen) atoms. The fraction of sp³-hybridized carbons (Fsp3) is 0.400. The van der Waals surface area contributed by atoms with E-state index in [1.54, 1.807) is 14.0 Å². The first-order chi connectivity index (χ1) is 6.06. The lowest BCUT2D eigenvalue weighted by atomic mass is 10.0. The van der Waals surface area contributed by atoms with E-state index >= 15 is 0 Å². The summed E-state index contributed by atoms with van der Waals surface area (Å²) in [6.45, 7) is 3.55. The standard InChI is InChI=1S/C10H13F2N/c1-6-4-8(13-3)5-9(7(6)2)10(11)12/h4-5,10,13H,1-3H3. The maximum absolute atomic E-state index is 12.5. The van der Waals surface area contributed by atoms with Gasteiger partial charge in [0.15, 0.2) is 0 Å². The molecule has 0 spiro atoms. The van der Waals surface area contributed by atoms with Crippen LogP contribution in [-0.2, 0) is 0 Å². The second-order valence-electron chi connectivity index (χ2n) is 3.06. The van der Waals surface area contributed by atoms with Crippen molar-refractivity contribution in [3.63, 3.8) is 0 Å². The first-order valence-electron chi connectivity index (χ1n) is 4.13. The third-order valence-corrected chi connectivity index (χ3v) is 2.23. The molecule has 0 aliphatic heterocycles. The molecule has 3 heteroatoms. The average molecular weight is 185 g/mol. The molecule has 0 aromatic heterocycles. The molecule has 1 N–H and O–H groups in total. The molecule has 0 saturated heterocycles. The molecule has 0 fully saturated rings. The topological polar surface area (TPSA) is 12.0 Å². The van der Waals surface area contributed by atoms with Crippen LogP contribution in [0.25, 0.3) is 0 Å². The van der Waals surface area contributed by atoms with Gasteiger partial charge in [-0.3, -0.25) is 0 Å². The van der Waals surface area contributed by atoms with E-state index in [-0.39, 0.29) is 5.56 Å². The van der Waals surface area contributed by atoms with Gasteiger partial charge in [-0.2, -0.15) is 0 Å². The van der Waals surface area contributed by atoms with Crippen molar-refractivity contribution in [2.75, 3.05) is 12.4 Å². The zero-order valence-corrected chi connectivity index (χ0v) is 7.99. The highest BCUT2D eigenvalue weighted by molar-refractivity contribution is 5.52. The highest BCUT2D eigenvalue weighted by atomic mass is 19.3. The van der Waals surface area contributed by atoms with Crippen molar-refractivity contribution in [1.82, 2.24) is 0 Å². The van der Waals surface area contributed by atoms with Crippen LogP contribution in [0, 0.1) is 13.8 Å². The van der Waals surface area contributed by atoms with Crippen molar-refractivity contribution in [3.8, 4) is 0 Å². The number of aryl methyl sites for hydroxylation is 1. The third-order valence-electron chi connectivity index (χ3n) is 2.23. The molecule has 0 amide bonds. The van der Waals surface area contributed by atoms with Gasteiger partial charge in [-0.15, -0.1) is 0 Å². The largest absolute Gasteiger partial charge is 0.388 e. The van der Waals surface area contributed by atoms with Crippen LogP contribution < -0.4 is 5.32 Å². The van der Waals surface area contributed by atoms with Crippen LogP contribution in [0.1, 0.15) is 23.1 Å². The molecule has 1 nitrogen and oxygen atoms in total. The Bertz CT molecular complexity index is 308. The Labute approximate surface area is 76.8 Å². The summed E-state index contributed by atoms with van der Waals surface area (Å²) < 4.78 is 25.0. The fourth-order valence-corrected chi connectivity index (χ4v) is 1.26. The summed E-state index contributed by atoms with van der Waals surface area (Å²) in [6, 6.07) is 3.36. The molecule has 72 valence electrons. The molecular weight excluding hydrogens is 172 g/mol. The number of halogens is 2. The average Bonchev–Trinajstić information content (AvgIpc) is 2.09. The predicted octanol–water partition coefficient (Wildman–Crippen LogP) is 3.28. The van der Waals surface area contributed by atoms with E-state index in [0.29, 0.717) is 5.56 Å². The van der Waals surface area contributed by atoms with E-state index in [0.717, 1.165) is 11.3 Å². The zero-order valence-electron chi connectivity index (χ0n) is 7.99. The highest BCUT2D eigenvalue weighted by Gasteiger charge is 2.12. The molecule has 0 bridgehead atoms. The third kappa shape index (κ3) is 1.97. The molecule has 0 aliphatic rings. The lowest BCUT2D eigenvalue weighted by Gasteiger charge is -2.10. The molecular formula is C10H13F2N. The van der Waals surface area contributed by atoms with Gasteiger partial charge >= 0.3 is 0 Å². The van der Waals surface area contributed by atoms with Crippen molar-refractivity contribution >= 4 is 5.69 Å². The Morgan fingerprint density at radius 1 is 1.23 bits per heavy atom. The second-order valence-corrected chi connectivity index (χ2v) is 3.06. The molecule has 1 aromatic carbocycles. The Morgan fingerprint density at radius 3 is 2.31 bits per heavy atom. The predicted molar refractivity (Wildman–Crippen MR) is 50.4 cm³/mol. The number of hydrogen-bond donors (Lipinski definition) is 1. The maximum atomic E-state index is 12.5. The lowest BCUT2D eigenvalue weighted by molar-refractivity contribution is 0.150.